The summed E-state index contributed by atoms with van der Waals surface area (Å²) in [5, 5.41) is 16.9. The fourth-order valence-electron chi connectivity index (χ4n) is 2.71. The number of ether oxygens (including phenoxy) is 2. The van der Waals surface area contributed by atoms with Crippen molar-refractivity contribution in [1.29, 1.82) is 0 Å². The third-order valence-electron chi connectivity index (χ3n) is 3.90. The molecule has 2 rings (SSSR count). The fourth-order valence-corrected chi connectivity index (χ4v) is 2.71. The number of aliphatic hydroxyl groups is 1. The zero-order valence-electron chi connectivity index (χ0n) is 15.9. The largest absolute Gasteiger partial charge is 0.491 e. The minimum atomic E-state index is -0.672. The van der Waals surface area contributed by atoms with E-state index in [1.807, 2.05) is 45.0 Å². The molecule has 3 N–H and O–H groups in total. The third kappa shape index (κ3) is 8.09. The highest BCUT2D eigenvalue weighted by Gasteiger charge is 2.16. The Bertz CT molecular complexity index is 549. The minimum Gasteiger partial charge on any atom is -0.491 e. The summed E-state index contributed by atoms with van der Waals surface area (Å²) < 4.78 is 11.3. The quantitative estimate of drug-likeness (QED) is 0.305. The number of benzene rings is 1. The van der Waals surface area contributed by atoms with Crippen LogP contribution in [0.15, 0.2) is 29.3 Å². The van der Waals surface area contributed by atoms with E-state index in [4.69, 9.17) is 9.47 Å². The molecule has 0 spiro atoms. The molecule has 0 amide bonds. The van der Waals surface area contributed by atoms with E-state index in [2.05, 4.69) is 15.6 Å². The smallest absolute Gasteiger partial charge is 0.191 e. The summed E-state index contributed by atoms with van der Waals surface area (Å²) in [6.45, 7) is 8.61. The molecule has 0 aliphatic carbocycles. The van der Waals surface area contributed by atoms with Crippen molar-refractivity contribution in [2.45, 2.75) is 51.9 Å². The van der Waals surface area contributed by atoms with Gasteiger partial charge in [-0.3, -0.25) is 4.99 Å². The number of guanidine groups is 1. The molecule has 0 saturated carbocycles. The van der Waals surface area contributed by atoms with Crippen molar-refractivity contribution < 1.29 is 14.6 Å². The molecule has 6 nitrogen and oxygen atoms in total. The highest BCUT2D eigenvalue weighted by atomic mass is 127. The Morgan fingerprint density at radius 2 is 2.19 bits per heavy atom. The normalized spacial score (nSPS) is 18.3. The molecule has 1 fully saturated rings. The Morgan fingerprint density at radius 1 is 1.38 bits per heavy atom. The molecule has 1 heterocycles. The monoisotopic (exact) mass is 477 g/mol. The van der Waals surface area contributed by atoms with Crippen molar-refractivity contribution in [3.8, 4) is 5.75 Å². The van der Waals surface area contributed by atoms with E-state index >= 15 is 0 Å². The molecule has 1 aromatic carbocycles. The lowest BCUT2D eigenvalue weighted by atomic mass is 10.1. The first-order valence-corrected chi connectivity index (χ1v) is 9.17. The Kier molecular flexibility index (Phi) is 10.9. The molecule has 1 aliphatic rings. The van der Waals surface area contributed by atoms with Gasteiger partial charge in [-0.15, -0.1) is 24.0 Å². The van der Waals surface area contributed by atoms with Gasteiger partial charge in [0.05, 0.1) is 24.9 Å². The van der Waals surface area contributed by atoms with E-state index in [0.717, 1.165) is 43.9 Å². The molecule has 148 valence electrons. The maximum absolute atomic E-state index is 10.4. The van der Waals surface area contributed by atoms with Gasteiger partial charge < -0.3 is 25.2 Å². The molecule has 7 heteroatoms. The maximum atomic E-state index is 10.4. The van der Waals surface area contributed by atoms with Gasteiger partial charge in [0.25, 0.3) is 0 Å². The van der Waals surface area contributed by atoms with Crippen molar-refractivity contribution >= 4 is 29.9 Å². The minimum absolute atomic E-state index is 0. The van der Waals surface area contributed by atoms with Gasteiger partial charge in [0.1, 0.15) is 5.75 Å². The van der Waals surface area contributed by atoms with Crippen LogP contribution in [0.25, 0.3) is 0 Å². The van der Waals surface area contributed by atoms with Crippen LogP contribution in [0.1, 0.15) is 45.3 Å². The van der Waals surface area contributed by atoms with E-state index in [9.17, 15) is 5.11 Å². The Hall–Kier alpha value is -1.06. The topological polar surface area (TPSA) is 75.1 Å². The summed E-state index contributed by atoms with van der Waals surface area (Å²) in [7, 11) is 0. The van der Waals surface area contributed by atoms with Crippen LogP contribution < -0.4 is 15.4 Å². The van der Waals surface area contributed by atoms with E-state index in [1.54, 1.807) is 0 Å². The molecule has 2 atom stereocenters. The average molecular weight is 477 g/mol. The summed E-state index contributed by atoms with van der Waals surface area (Å²) >= 11 is 0. The predicted octanol–water partition coefficient (Wildman–Crippen LogP) is 2.86. The van der Waals surface area contributed by atoms with Gasteiger partial charge in [-0.25, -0.2) is 0 Å². The fraction of sp³-hybridized carbons (Fsp3) is 0.632. The molecular weight excluding hydrogens is 445 g/mol. The third-order valence-corrected chi connectivity index (χ3v) is 3.90. The number of hydrogen-bond donors (Lipinski definition) is 3. The van der Waals surface area contributed by atoms with E-state index < -0.39 is 6.10 Å². The molecule has 1 aliphatic heterocycles. The van der Waals surface area contributed by atoms with Crippen LogP contribution in [0, 0.1) is 0 Å². The van der Waals surface area contributed by atoms with E-state index in [0.29, 0.717) is 5.96 Å². The lowest BCUT2D eigenvalue weighted by Gasteiger charge is -2.16. The number of nitrogens with one attached hydrogen (secondary N) is 2. The highest BCUT2D eigenvalue weighted by molar-refractivity contribution is 14.0. The number of aliphatic hydroxyl groups excluding tert-OH is 1. The van der Waals surface area contributed by atoms with Crippen LogP contribution in [0.4, 0.5) is 0 Å². The lowest BCUT2D eigenvalue weighted by molar-refractivity contribution is 0.113. The summed E-state index contributed by atoms with van der Waals surface area (Å²) in [5.74, 6) is 1.46. The molecule has 0 bridgehead atoms. The van der Waals surface area contributed by atoms with Gasteiger partial charge in [0, 0.05) is 19.7 Å². The second-order valence-corrected chi connectivity index (χ2v) is 6.49. The van der Waals surface area contributed by atoms with Gasteiger partial charge in [0.2, 0.25) is 0 Å². The zero-order chi connectivity index (χ0) is 18.1. The Morgan fingerprint density at radius 3 is 2.85 bits per heavy atom. The van der Waals surface area contributed by atoms with E-state index in [-0.39, 0.29) is 42.7 Å². The van der Waals surface area contributed by atoms with Crippen LogP contribution >= 0.6 is 24.0 Å². The summed E-state index contributed by atoms with van der Waals surface area (Å²) in [6, 6.07) is 7.54. The number of aliphatic imine (C=N–C) groups is 1. The highest BCUT2D eigenvalue weighted by Crippen LogP contribution is 2.20. The van der Waals surface area contributed by atoms with Crippen molar-refractivity contribution in [3.05, 3.63) is 29.8 Å². The maximum Gasteiger partial charge on any atom is 0.191 e. The second-order valence-electron chi connectivity index (χ2n) is 6.49. The number of hydrogen-bond acceptors (Lipinski definition) is 4. The van der Waals surface area contributed by atoms with Gasteiger partial charge in [-0.05, 0) is 51.3 Å². The standard InChI is InChI=1S/C19H31N3O3.HI/c1-4-20-19(21-12-17-9-6-10-24-17)22-13-18(23)15-7-5-8-16(11-15)25-14(2)3;/h5,7-8,11,14,17-18,23H,4,6,9-10,12-13H2,1-3H3,(H2,20,21,22);1H. The molecule has 2 unspecified atom stereocenters. The van der Waals surface area contributed by atoms with Crippen molar-refractivity contribution in [2.75, 3.05) is 26.2 Å². The molecule has 0 radical (unpaired) electrons. The zero-order valence-corrected chi connectivity index (χ0v) is 18.2. The Balaban J connectivity index is 0.00000338. The van der Waals surface area contributed by atoms with Gasteiger partial charge in [-0.2, -0.15) is 0 Å². The number of nitrogens with zero attached hydrogens (tertiary/aromatic N) is 1. The molecule has 0 aromatic heterocycles. The average Bonchev–Trinajstić information content (AvgIpc) is 3.10. The van der Waals surface area contributed by atoms with Gasteiger partial charge >= 0.3 is 0 Å². The van der Waals surface area contributed by atoms with Crippen LogP contribution in [0.2, 0.25) is 0 Å². The predicted molar refractivity (Wildman–Crippen MR) is 116 cm³/mol. The van der Waals surface area contributed by atoms with E-state index in [1.165, 1.54) is 0 Å². The summed E-state index contributed by atoms with van der Waals surface area (Å²) in [5.41, 5.74) is 0.803. The second kappa shape index (κ2) is 12.3. The van der Waals surface area contributed by atoms with Crippen molar-refractivity contribution in [1.82, 2.24) is 10.6 Å². The van der Waals surface area contributed by atoms with Gasteiger partial charge in [-0.1, -0.05) is 12.1 Å². The molecule has 1 aromatic rings. The first kappa shape index (κ1) is 23.0. The van der Waals surface area contributed by atoms with Crippen LogP contribution in [0.3, 0.4) is 0 Å². The lowest BCUT2D eigenvalue weighted by Crippen LogP contribution is -2.41. The number of rotatable bonds is 8. The first-order valence-electron chi connectivity index (χ1n) is 9.17. The SMILES string of the molecule is CCNC(=NCC(O)c1cccc(OC(C)C)c1)NCC1CCCO1.I. The van der Waals surface area contributed by atoms with Crippen molar-refractivity contribution in [2.24, 2.45) is 4.99 Å². The molecule has 26 heavy (non-hydrogen) atoms. The molecule has 1 saturated heterocycles. The molecular formula is C19H32IN3O3. The summed E-state index contributed by atoms with van der Waals surface area (Å²) in [4.78, 5) is 4.49. The van der Waals surface area contributed by atoms with Crippen LogP contribution in [0.5, 0.6) is 5.75 Å². The van der Waals surface area contributed by atoms with Crippen LogP contribution in [-0.2, 0) is 4.74 Å². The van der Waals surface area contributed by atoms with Crippen LogP contribution in [-0.4, -0.2) is 49.5 Å². The van der Waals surface area contributed by atoms with Gasteiger partial charge in [0.15, 0.2) is 5.96 Å². The first-order chi connectivity index (χ1) is 12.1. The van der Waals surface area contributed by atoms with Crippen molar-refractivity contribution in [3.63, 3.8) is 0 Å². The Labute approximate surface area is 173 Å². The number of halogens is 1. The summed E-state index contributed by atoms with van der Waals surface area (Å²) in [6.07, 6.45) is 1.88.